The number of benzene rings is 2. The van der Waals surface area contributed by atoms with Crippen LogP contribution in [0.4, 0.5) is 0 Å². The van der Waals surface area contributed by atoms with Crippen LogP contribution in [0.2, 0.25) is 10.0 Å². The van der Waals surface area contributed by atoms with E-state index < -0.39 is 0 Å². The van der Waals surface area contributed by atoms with Crippen LogP contribution in [0.5, 0.6) is 5.75 Å². The maximum Gasteiger partial charge on any atom is 0.251 e. The number of carbonyl (C=O) groups is 2. The highest BCUT2D eigenvalue weighted by Crippen LogP contribution is 2.62. The highest BCUT2D eigenvalue weighted by atomic mass is 35.5. The van der Waals surface area contributed by atoms with Crippen LogP contribution in [-0.4, -0.2) is 23.3 Å². The number of ketones is 1. The molecule has 0 spiro atoms. The van der Waals surface area contributed by atoms with Crippen molar-refractivity contribution < 1.29 is 14.7 Å². The molecule has 0 aromatic heterocycles. The predicted octanol–water partition coefficient (Wildman–Crippen LogP) is 6.95. The Morgan fingerprint density at radius 3 is 2.74 bits per heavy atom. The van der Waals surface area contributed by atoms with E-state index in [1.54, 1.807) is 18.2 Å². The van der Waals surface area contributed by atoms with Gasteiger partial charge in [-0.25, -0.2) is 0 Å². The molecule has 0 heterocycles. The smallest absolute Gasteiger partial charge is 0.251 e. The maximum absolute atomic E-state index is 13.2. The molecule has 3 aliphatic rings. The molecule has 0 aliphatic heterocycles. The van der Waals surface area contributed by atoms with Gasteiger partial charge in [-0.15, -0.1) is 0 Å². The minimum absolute atomic E-state index is 0.144. The lowest BCUT2D eigenvalue weighted by atomic mass is 9.54. The molecule has 0 saturated heterocycles. The van der Waals surface area contributed by atoms with Gasteiger partial charge in [0.2, 0.25) is 0 Å². The fourth-order valence-electron chi connectivity index (χ4n) is 7.37. The van der Waals surface area contributed by atoms with Gasteiger partial charge >= 0.3 is 0 Å². The van der Waals surface area contributed by atoms with Gasteiger partial charge in [-0.2, -0.15) is 0 Å². The van der Waals surface area contributed by atoms with Crippen LogP contribution in [0.25, 0.3) is 0 Å². The quantitative estimate of drug-likeness (QED) is 0.410. The van der Waals surface area contributed by atoms with E-state index >= 15 is 0 Å². The van der Waals surface area contributed by atoms with Gasteiger partial charge in [0, 0.05) is 23.9 Å². The summed E-state index contributed by atoms with van der Waals surface area (Å²) in [6.45, 7) is 2.82. The second kappa shape index (κ2) is 9.78. The fourth-order valence-corrected chi connectivity index (χ4v) is 7.66. The molecule has 1 unspecified atom stereocenters. The van der Waals surface area contributed by atoms with E-state index in [4.69, 9.17) is 23.2 Å². The number of fused-ring (bicyclic) bond motifs is 5. The van der Waals surface area contributed by atoms with E-state index in [0.29, 0.717) is 63.8 Å². The van der Waals surface area contributed by atoms with Gasteiger partial charge in [0.15, 0.2) is 0 Å². The number of amides is 1. The third-order valence-electron chi connectivity index (χ3n) is 9.02. The van der Waals surface area contributed by atoms with Crippen molar-refractivity contribution >= 4 is 34.9 Å². The summed E-state index contributed by atoms with van der Waals surface area (Å²) >= 11 is 12.0. The zero-order valence-corrected chi connectivity index (χ0v) is 21.7. The highest BCUT2D eigenvalue weighted by molar-refractivity contribution is 6.42. The molecule has 2 fully saturated rings. The van der Waals surface area contributed by atoms with Gasteiger partial charge in [-0.1, -0.05) is 42.6 Å². The first-order valence-electron chi connectivity index (χ1n) is 12.9. The monoisotopic (exact) mass is 513 g/mol. The first-order valence-corrected chi connectivity index (χ1v) is 13.6. The molecule has 5 atom stereocenters. The molecule has 5 rings (SSSR count). The summed E-state index contributed by atoms with van der Waals surface area (Å²) in [7, 11) is 0. The van der Waals surface area contributed by atoms with Gasteiger partial charge in [0.05, 0.1) is 10.0 Å². The Labute approximate surface area is 217 Å². The maximum atomic E-state index is 13.2. The predicted molar refractivity (Wildman–Crippen MR) is 139 cm³/mol. The lowest BCUT2D eigenvalue weighted by Crippen LogP contribution is -2.44. The molecule has 4 nitrogen and oxygen atoms in total. The average molecular weight is 514 g/mol. The van der Waals surface area contributed by atoms with Crippen molar-refractivity contribution in [2.75, 3.05) is 6.54 Å². The summed E-state index contributed by atoms with van der Waals surface area (Å²) in [5.74, 6) is 2.55. The summed E-state index contributed by atoms with van der Waals surface area (Å²) in [5.41, 5.74) is 3.00. The summed E-state index contributed by atoms with van der Waals surface area (Å²) < 4.78 is 0. The van der Waals surface area contributed by atoms with Gasteiger partial charge < -0.3 is 10.4 Å². The topological polar surface area (TPSA) is 66.4 Å². The number of rotatable bonds is 6. The third-order valence-corrected chi connectivity index (χ3v) is 9.76. The molecule has 2 N–H and O–H groups in total. The zero-order valence-electron chi connectivity index (χ0n) is 20.2. The number of phenols is 1. The highest BCUT2D eigenvalue weighted by Gasteiger charge is 2.58. The molecule has 0 radical (unpaired) electrons. The Kier molecular flexibility index (Phi) is 6.89. The van der Waals surface area contributed by atoms with Crippen LogP contribution in [0.15, 0.2) is 36.4 Å². The van der Waals surface area contributed by atoms with E-state index in [1.165, 1.54) is 11.1 Å². The third kappa shape index (κ3) is 4.60. The van der Waals surface area contributed by atoms with Crippen molar-refractivity contribution in [2.24, 2.45) is 23.2 Å². The first kappa shape index (κ1) is 24.6. The van der Waals surface area contributed by atoms with E-state index in [9.17, 15) is 14.7 Å². The number of hydrogen-bond donors (Lipinski definition) is 2. The number of aryl methyl sites for hydroxylation is 1. The van der Waals surface area contributed by atoms with Crippen molar-refractivity contribution in [2.45, 2.75) is 64.2 Å². The Morgan fingerprint density at radius 1 is 1.11 bits per heavy atom. The molecule has 0 bridgehead atoms. The van der Waals surface area contributed by atoms with Crippen molar-refractivity contribution in [3.8, 4) is 5.75 Å². The standard InChI is InChI=1S/C29H33Cl2NO3/c1-29-12-11-22-21-9-7-20(33)14-17(21)5-8-23(22)27(29)18(16-26(29)34)4-2-3-13-32-28(35)19-6-10-24(30)25(31)15-19/h6-7,9-10,14-15,18,22-23,27,33H,2-5,8,11-13,16H2,1H3,(H,32,35)/t18?,22-,23-,27+,29-/m1/s1. The van der Waals surface area contributed by atoms with Gasteiger partial charge in [-0.3, -0.25) is 9.59 Å². The number of carbonyl (C=O) groups excluding carboxylic acids is 2. The second-order valence-electron chi connectivity index (χ2n) is 10.9. The zero-order chi connectivity index (χ0) is 24.7. The molecular weight excluding hydrogens is 481 g/mol. The molecular formula is C29H33Cl2NO3. The van der Waals surface area contributed by atoms with Crippen molar-refractivity contribution in [1.82, 2.24) is 5.32 Å². The molecule has 2 saturated carbocycles. The fraction of sp³-hybridized carbons (Fsp3) is 0.517. The van der Waals surface area contributed by atoms with Crippen LogP contribution in [0, 0.1) is 23.2 Å². The van der Waals surface area contributed by atoms with Crippen LogP contribution in [0.1, 0.15) is 79.3 Å². The Balaban J connectivity index is 1.20. The van der Waals surface area contributed by atoms with E-state index in [0.717, 1.165) is 44.9 Å². The first-order chi connectivity index (χ1) is 16.8. The minimum atomic E-state index is -0.192. The van der Waals surface area contributed by atoms with Crippen LogP contribution < -0.4 is 5.32 Å². The van der Waals surface area contributed by atoms with Crippen molar-refractivity contribution in [3.05, 3.63) is 63.1 Å². The molecule has 2 aromatic carbocycles. The molecule has 2 aromatic rings. The number of aromatic hydroxyl groups is 1. The summed E-state index contributed by atoms with van der Waals surface area (Å²) in [5, 5.41) is 13.7. The summed E-state index contributed by atoms with van der Waals surface area (Å²) in [4.78, 5) is 25.6. The molecule has 3 aliphatic carbocycles. The van der Waals surface area contributed by atoms with Gasteiger partial charge in [-0.05, 0) is 104 Å². The largest absolute Gasteiger partial charge is 0.508 e. The normalized spacial score (nSPS) is 29.3. The number of hydrogen-bond acceptors (Lipinski definition) is 3. The van der Waals surface area contributed by atoms with E-state index in [2.05, 4.69) is 18.3 Å². The van der Waals surface area contributed by atoms with E-state index in [1.807, 2.05) is 12.1 Å². The summed E-state index contributed by atoms with van der Waals surface area (Å²) in [6, 6.07) is 10.8. The molecule has 35 heavy (non-hydrogen) atoms. The van der Waals surface area contributed by atoms with Crippen molar-refractivity contribution in [3.63, 3.8) is 0 Å². The summed E-state index contributed by atoms with van der Waals surface area (Å²) in [6.07, 6.45) is 7.72. The van der Waals surface area contributed by atoms with Crippen LogP contribution in [-0.2, 0) is 11.2 Å². The number of nitrogens with one attached hydrogen (secondary N) is 1. The Bertz CT molecular complexity index is 1150. The average Bonchev–Trinajstić information content (AvgIpc) is 3.09. The molecule has 186 valence electrons. The second-order valence-corrected chi connectivity index (χ2v) is 11.8. The lowest BCUT2D eigenvalue weighted by molar-refractivity contribution is -0.129. The van der Waals surface area contributed by atoms with Crippen molar-refractivity contribution in [1.29, 1.82) is 0 Å². The van der Waals surface area contributed by atoms with Gasteiger partial charge in [0.25, 0.3) is 5.91 Å². The Morgan fingerprint density at radius 2 is 1.94 bits per heavy atom. The number of unbranched alkanes of at least 4 members (excludes halogenated alkanes) is 1. The molecule has 6 heteroatoms. The van der Waals surface area contributed by atoms with Crippen LogP contribution >= 0.6 is 23.2 Å². The number of Topliss-reactive ketones (excluding diaryl/α,β-unsaturated/α-hetero) is 1. The van der Waals surface area contributed by atoms with Crippen LogP contribution in [0.3, 0.4) is 0 Å². The van der Waals surface area contributed by atoms with E-state index in [-0.39, 0.29) is 11.3 Å². The van der Waals surface area contributed by atoms with Gasteiger partial charge in [0.1, 0.15) is 11.5 Å². The number of halogens is 2. The molecule has 1 amide bonds. The minimum Gasteiger partial charge on any atom is -0.508 e. The lowest BCUT2D eigenvalue weighted by Gasteiger charge is -2.50. The SMILES string of the molecule is C[C@]12CC[C@@H]3c4ccc(O)cc4CC[C@H]3[C@@H]1C(CCCCNC(=O)c1ccc(Cl)c(Cl)c1)CC2=O. The Hall–Kier alpha value is -2.04. The number of phenolic OH excluding ortho intramolecular Hbond substituents is 1.